The van der Waals surface area contributed by atoms with Crippen molar-refractivity contribution in [3.63, 3.8) is 0 Å². The zero-order valence-electron chi connectivity index (χ0n) is 17.8. The normalized spacial score (nSPS) is 11.4. The Bertz CT molecular complexity index is 1390. The third-order valence-electron chi connectivity index (χ3n) is 4.91. The summed E-state index contributed by atoms with van der Waals surface area (Å²) in [7, 11) is 1.88. The van der Waals surface area contributed by atoms with Crippen LogP contribution in [0.4, 0.5) is 0 Å². The number of hydrogen-bond acceptors (Lipinski definition) is 9. The smallest absolute Gasteiger partial charge is 0.210 e. The summed E-state index contributed by atoms with van der Waals surface area (Å²) in [6.45, 7) is 0. The largest absolute Gasteiger partial charge is 0.493 e. The first kappa shape index (κ1) is 21.4. The van der Waals surface area contributed by atoms with E-state index in [9.17, 15) is 8.42 Å². The Kier molecular flexibility index (Phi) is 5.57. The van der Waals surface area contributed by atoms with Crippen LogP contribution in [-0.4, -0.2) is 56.6 Å². The summed E-state index contributed by atoms with van der Waals surface area (Å²) in [6, 6.07) is 7.70. The van der Waals surface area contributed by atoms with E-state index in [1.165, 1.54) is 70.2 Å². The zero-order chi connectivity index (χ0) is 22.9. The van der Waals surface area contributed by atoms with Crippen LogP contribution in [0.2, 0.25) is 0 Å². The highest BCUT2D eigenvalue weighted by molar-refractivity contribution is 7.91. The standard InChI is InChI=1S/C21H20N4O6S/c1-28-16-6-5-13(7-17(16)29-2)32(26,27)20-10-23-15-9-19(31-4)18(30-3)8-14(15)21(20)25-12-22-11-24-25/h5-12H,1-4H3. The van der Waals surface area contributed by atoms with Gasteiger partial charge in [-0.1, -0.05) is 0 Å². The topological polar surface area (TPSA) is 115 Å². The number of sulfone groups is 1. The zero-order valence-corrected chi connectivity index (χ0v) is 18.6. The molecule has 0 saturated heterocycles. The first-order valence-electron chi connectivity index (χ1n) is 9.31. The first-order valence-corrected chi connectivity index (χ1v) is 10.8. The summed E-state index contributed by atoms with van der Waals surface area (Å²) in [5, 5.41) is 4.66. The van der Waals surface area contributed by atoms with Crippen LogP contribution in [0, 0.1) is 0 Å². The number of aromatic nitrogens is 4. The molecule has 166 valence electrons. The van der Waals surface area contributed by atoms with Crippen LogP contribution in [-0.2, 0) is 9.84 Å². The number of hydrogen-bond donors (Lipinski definition) is 0. The Morgan fingerprint density at radius 1 is 0.844 bits per heavy atom. The SMILES string of the molecule is COc1ccc(S(=O)(=O)c2cnc3cc(OC)c(OC)cc3c2-n2cncn2)cc1OC. The molecule has 0 atom stereocenters. The monoisotopic (exact) mass is 456 g/mol. The minimum Gasteiger partial charge on any atom is -0.493 e. The summed E-state index contributed by atoms with van der Waals surface area (Å²) in [5.74, 6) is 1.59. The second-order valence-corrected chi connectivity index (χ2v) is 8.47. The predicted molar refractivity (Wildman–Crippen MR) is 115 cm³/mol. The molecule has 0 bridgehead atoms. The van der Waals surface area contributed by atoms with E-state index in [1.807, 2.05) is 0 Å². The van der Waals surface area contributed by atoms with Gasteiger partial charge in [0.15, 0.2) is 23.0 Å². The summed E-state index contributed by atoms with van der Waals surface area (Å²) >= 11 is 0. The van der Waals surface area contributed by atoms with Crippen LogP contribution in [0.25, 0.3) is 16.6 Å². The van der Waals surface area contributed by atoms with Gasteiger partial charge in [-0.3, -0.25) is 4.98 Å². The van der Waals surface area contributed by atoms with Crippen molar-refractivity contribution in [2.45, 2.75) is 9.79 Å². The molecule has 0 amide bonds. The highest BCUT2D eigenvalue weighted by Crippen LogP contribution is 2.38. The van der Waals surface area contributed by atoms with Gasteiger partial charge in [-0.2, -0.15) is 5.10 Å². The molecule has 10 nitrogen and oxygen atoms in total. The Balaban J connectivity index is 2.03. The summed E-state index contributed by atoms with van der Waals surface area (Å²) < 4.78 is 50.0. The molecule has 2 aromatic heterocycles. The van der Waals surface area contributed by atoms with Crippen molar-refractivity contribution in [2.75, 3.05) is 28.4 Å². The molecule has 32 heavy (non-hydrogen) atoms. The molecule has 0 aliphatic carbocycles. The number of rotatable bonds is 7. The Labute approximate surface area is 184 Å². The third kappa shape index (κ3) is 3.46. The molecule has 4 rings (SSSR count). The number of fused-ring (bicyclic) bond motifs is 1. The van der Waals surface area contributed by atoms with E-state index in [0.29, 0.717) is 28.2 Å². The highest BCUT2D eigenvalue weighted by atomic mass is 32.2. The predicted octanol–water partition coefficient (Wildman–Crippen LogP) is 2.68. The maximum Gasteiger partial charge on any atom is 0.210 e. The van der Waals surface area contributed by atoms with Gasteiger partial charge in [-0.25, -0.2) is 18.1 Å². The molecule has 0 aliphatic heterocycles. The van der Waals surface area contributed by atoms with Gasteiger partial charge < -0.3 is 18.9 Å². The lowest BCUT2D eigenvalue weighted by Crippen LogP contribution is -2.10. The van der Waals surface area contributed by atoms with Crippen LogP contribution < -0.4 is 18.9 Å². The number of methoxy groups -OCH3 is 4. The van der Waals surface area contributed by atoms with E-state index >= 15 is 0 Å². The van der Waals surface area contributed by atoms with Gasteiger partial charge in [-0.05, 0) is 18.2 Å². The fourth-order valence-electron chi connectivity index (χ4n) is 3.35. The summed E-state index contributed by atoms with van der Waals surface area (Å²) in [4.78, 5) is 8.30. The van der Waals surface area contributed by atoms with Gasteiger partial charge in [-0.15, -0.1) is 0 Å². The molecule has 0 N–H and O–H groups in total. The van der Waals surface area contributed by atoms with Gasteiger partial charge in [0.25, 0.3) is 0 Å². The lowest BCUT2D eigenvalue weighted by atomic mass is 10.1. The molecule has 0 aliphatic rings. The fourth-order valence-corrected chi connectivity index (χ4v) is 4.77. The molecule has 0 radical (unpaired) electrons. The van der Waals surface area contributed by atoms with Crippen molar-refractivity contribution in [2.24, 2.45) is 0 Å². The minimum atomic E-state index is -4.04. The number of nitrogens with zero attached hydrogens (tertiary/aromatic N) is 4. The van der Waals surface area contributed by atoms with Crippen molar-refractivity contribution in [1.82, 2.24) is 19.7 Å². The van der Waals surface area contributed by atoms with E-state index in [-0.39, 0.29) is 21.2 Å². The first-order chi connectivity index (χ1) is 15.4. The van der Waals surface area contributed by atoms with Crippen molar-refractivity contribution >= 4 is 20.7 Å². The molecule has 2 aromatic carbocycles. The maximum absolute atomic E-state index is 13.7. The lowest BCUT2D eigenvalue weighted by molar-refractivity contribution is 0.354. The highest BCUT2D eigenvalue weighted by Gasteiger charge is 2.27. The quantitative estimate of drug-likeness (QED) is 0.414. The van der Waals surface area contributed by atoms with Crippen LogP contribution in [0.15, 0.2) is 59.0 Å². The molecule has 0 saturated carbocycles. The Hall–Kier alpha value is -3.86. The van der Waals surface area contributed by atoms with Gasteiger partial charge in [0.2, 0.25) is 9.84 Å². The Morgan fingerprint density at radius 2 is 1.50 bits per heavy atom. The van der Waals surface area contributed by atoms with Crippen molar-refractivity contribution in [1.29, 1.82) is 0 Å². The van der Waals surface area contributed by atoms with Crippen LogP contribution >= 0.6 is 0 Å². The lowest BCUT2D eigenvalue weighted by Gasteiger charge is -2.16. The van der Waals surface area contributed by atoms with E-state index in [2.05, 4.69) is 15.1 Å². The van der Waals surface area contributed by atoms with E-state index < -0.39 is 9.84 Å². The van der Waals surface area contributed by atoms with Crippen LogP contribution in [0.5, 0.6) is 23.0 Å². The van der Waals surface area contributed by atoms with Gasteiger partial charge in [0.05, 0.1) is 44.5 Å². The van der Waals surface area contributed by atoms with Gasteiger partial charge in [0, 0.05) is 23.7 Å². The summed E-state index contributed by atoms with van der Waals surface area (Å²) in [5.41, 5.74) is 0.780. The second kappa shape index (κ2) is 8.35. The van der Waals surface area contributed by atoms with Gasteiger partial charge >= 0.3 is 0 Å². The summed E-state index contributed by atoms with van der Waals surface area (Å²) in [6.07, 6.45) is 4.02. The molecular weight excluding hydrogens is 436 g/mol. The third-order valence-corrected chi connectivity index (χ3v) is 6.67. The molecule has 0 unspecified atom stereocenters. The fraction of sp³-hybridized carbons (Fsp3) is 0.190. The van der Waals surface area contributed by atoms with Gasteiger partial charge in [0.1, 0.15) is 17.6 Å². The molecule has 11 heteroatoms. The number of pyridine rings is 1. The van der Waals surface area contributed by atoms with Crippen molar-refractivity contribution in [3.05, 3.63) is 49.2 Å². The molecular formula is C21H20N4O6S. The average Bonchev–Trinajstić information content (AvgIpc) is 3.36. The minimum absolute atomic E-state index is 0.0122. The molecule has 4 aromatic rings. The van der Waals surface area contributed by atoms with E-state index in [4.69, 9.17) is 18.9 Å². The van der Waals surface area contributed by atoms with E-state index in [1.54, 1.807) is 12.1 Å². The average molecular weight is 456 g/mol. The van der Waals surface area contributed by atoms with Crippen LogP contribution in [0.1, 0.15) is 0 Å². The van der Waals surface area contributed by atoms with Crippen molar-refractivity contribution < 1.29 is 27.4 Å². The molecule has 0 spiro atoms. The van der Waals surface area contributed by atoms with E-state index in [0.717, 1.165) is 0 Å². The Morgan fingerprint density at radius 3 is 2.12 bits per heavy atom. The number of ether oxygens (including phenoxy) is 4. The maximum atomic E-state index is 13.7. The second-order valence-electron chi connectivity index (χ2n) is 6.56. The molecule has 0 fully saturated rings. The van der Waals surface area contributed by atoms with Crippen molar-refractivity contribution in [3.8, 4) is 28.7 Å². The van der Waals surface area contributed by atoms with Crippen LogP contribution in [0.3, 0.4) is 0 Å². The number of benzene rings is 2. The molecule has 2 heterocycles.